The van der Waals surface area contributed by atoms with Gasteiger partial charge in [-0.25, -0.2) is 0 Å². The molecule has 2 amide bonds. The van der Waals surface area contributed by atoms with Crippen molar-refractivity contribution >= 4 is 23.4 Å². The molecule has 0 aromatic carbocycles. The quantitative estimate of drug-likeness (QED) is 0.597. The Morgan fingerprint density at radius 3 is 3.00 bits per heavy atom. The van der Waals surface area contributed by atoms with Gasteiger partial charge in [-0.2, -0.15) is 0 Å². The maximum Gasteiger partial charge on any atom is 0.234 e. The fourth-order valence-electron chi connectivity index (χ4n) is 1.11. The maximum atomic E-state index is 10.7. The van der Waals surface area contributed by atoms with Crippen LogP contribution in [0.15, 0.2) is 0 Å². The second-order valence-corrected chi connectivity index (χ2v) is 3.01. The molecule has 1 unspecified atom stereocenters. The van der Waals surface area contributed by atoms with Crippen LogP contribution in [0.5, 0.6) is 0 Å². The number of halogens is 1. The summed E-state index contributed by atoms with van der Waals surface area (Å²) >= 11 is 5.27. The second kappa shape index (κ2) is 4.30. The third-order valence-electron chi connectivity index (χ3n) is 1.75. The van der Waals surface area contributed by atoms with E-state index in [2.05, 4.69) is 10.6 Å². The maximum absolute atomic E-state index is 10.7. The van der Waals surface area contributed by atoms with Gasteiger partial charge in [0.2, 0.25) is 11.8 Å². The molecule has 0 bridgehead atoms. The molecule has 0 saturated carbocycles. The zero-order valence-corrected chi connectivity index (χ0v) is 7.36. The van der Waals surface area contributed by atoms with Gasteiger partial charge in [-0.1, -0.05) is 0 Å². The Labute approximate surface area is 75.6 Å². The van der Waals surface area contributed by atoms with Crippen molar-refractivity contribution in [3.63, 3.8) is 0 Å². The average Bonchev–Trinajstić information content (AvgIpc) is 2.47. The Morgan fingerprint density at radius 2 is 2.50 bits per heavy atom. The molecule has 0 radical (unpaired) electrons. The number of hydrogen-bond donors (Lipinski definition) is 2. The minimum absolute atomic E-state index is 0.0271. The number of rotatable bonds is 3. The SMILES string of the molecule is O=C(CCl)NCC1CCC(=O)N1. The highest BCUT2D eigenvalue weighted by Gasteiger charge is 2.20. The molecule has 12 heavy (non-hydrogen) atoms. The summed E-state index contributed by atoms with van der Waals surface area (Å²) in [6, 6.07) is 0.0877. The van der Waals surface area contributed by atoms with E-state index in [9.17, 15) is 9.59 Å². The average molecular weight is 191 g/mol. The van der Waals surface area contributed by atoms with E-state index >= 15 is 0 Å². The Kier molecular flexibility index (Phi) is 3.34. The van der Waals surface area contributed by atoms with Crippen LogP contribution in [0.2, 0.25) is 0 Å². The van der Waals surface area contributed by atoms with Crippen molar-refractivity contribution in [1.29, 1.82) is 0 Å². The molecule has 5 heteroatoms. The zero-order valence-electron chi connectivity index (χ0n) is 6.60. The normalized spacial score (nSPS) is 22.1. The number of amides is 2. The third-order valence-corrected chi connectivity index (χ3v) is 1.99. The minimum atomic E-state index is -0.196. The first kappa shape index (κ1) is 9.32. The first-order chi connectivity index (χ1) is 5.72. The molecular formula is C7H11ClN2O2. The van der Waals surface area contributed by atoms with Crippen LogP contribution < -0.4 is 10.6 Å². The van der Waals surface area contributed by atoms with Crippen molar-refractivity contribution in [3.05, 3.63) is 0 Å². The van der Waals surface area contributed by atoms with Gasteiger partial charge in [0.05, 0.1) is 0 Å². The molecule has 0 spiro atoms. The molecule has 1 heterocycles. The van der Waals surface area contributed by atoms with E-state index in [1.54, 1.807) is 0 Å². The van der Waals surface area contributed by atoms with Crippen LogP contribution in [0.3, 0.4) is 0 Å². The second-order valence-electron chi connectivity index (χ2n) is 2.74. The predicted octanol–water partition coefficient (Wildman–Crippen LogP) is -0.380. The van der Waals surface area contributed by atoms with Crippen molar-refractivity contribution < 1.29 is 9.59 Å². The highest BCUT2D eigenvalue weighted by molar-refractivity contribution is 6.27. The lowest BCUT2D eigenvalue weighted by atomic mass is 10.2. The van der Waals surface area contributed by atoms with Crippen molar-refractivity contribution in [1.82, 2.24) is 10.6 Å². The van der Waals surface area contributed by atoms with E-state index in [1.807, 2.05) is 0 Å². The van der Waals surface area contributed by atoms with Crippen LogP contribution in [0.25, 0.3) is 0 Å². The number of hydrogen-bond acceptors (Lipinski definition) is 2. The first-order valence-corrected chi connectivity index (χ1v) is 4.38. The summed E-state index contributed by atoms with van der Waals surface area (Å²) in [4.78, 5) is 21.4. The van der Waals surface area contributed by atoms with E-state index in [4.69, 9.17) is 11.6 Å². The van der Waals surface area contributed by atoms with Crippen LogP contribution in [0.1, 0.15) is 12.8 Å². The zero-order chi connectivity index (χ0) is 8.97. The van der Waals surface area contributed by atoms with Gasteiger partial charge in [0.1, 0.15) is 5.88 Å². The summed E-state index contributed by atoms with van der Waals surface area (Å²) in [7, 11) is 0. The Hall–Kier alpha value is -0.770. The molecule has 1 fully saturated rings. The number of alkyl halides is 1. The fraction of sp³-hybridized carbons (Fsp3) is 0.714. The third kappa shape index (κ3) is 2.70. The Bertz CT molecular complexity index is 196. The lowest BCUT2D eigenvalue weighted by Crippen LogP contribution is -2.38. The molecule has 4 nitrogen and oxygen atoms in total. The van der Waals surface area contributed by atoms with Crippen LogP contribution >= 0.6 is 11.6 Å². The largest absolute Gasteiger partial charge is 0.353 e. The smallest absolute Gasteiger partial charge is 0.234 e. The van der Waals surface area contributed by atoms with Crippen LogP contribution in [-0.4, -0.2) is 30.3 Å². The van der Waals surface area contributed by atoms with Crippen molar-refractivity contribution in [2.75, 3.05) is 12.4 Å². The van der Waals surface area contributed by atoms with E-state index in [0.29, 0.717) is 13.0 Å². The van der Waals surface area contributed by atoms with Crippen molar-refractivity contribution in [2.45, 2.75) is 18.9 Å². The van der Waals surface area contributed by atoms with Crippen LogP contribution in [0.4, 0.5) is 0 Å². The molecule has 2 N–H and O–H groups in total. The van der Waals surface area contributed by atoms with Gasteiger partial charge in [-0.05, 0) is 6.42 Å². The van der Waals surface area contributed by atoms with Gasteiger partial charge in [0, 0.05) is 19.0 Å². The highest BCUT2D eigenvalue weighted by Crippen LogP contribution is 2.04. The summed E-state index contributed by atoms with van der Waals surface area (Å²) in [5.74, 6) is -0.168. The summed E-state index contributed by atoms with van der Waals surface area (Å²) in [6.07, 6.45) is 1.35. The van der Waals surface area contributed by atoms with E-state index in [0.717, 1.165) is 6.42 Å². The summed E-state index contributed by atoms with van der Waals surface area (Å²) in [5, 5.41) is 5.35. The Balaban J connectivity index is 2.16. The number of carbonyl (C=O) groups excluding carboxylic acids is 2. The monoisotopic (exact) mass is 190 g/mol. The highest BCUT2D eigenvalue weighted by atomic mass is 35.5. The molecule has 1 aliphatic rings. The molecule has 0 aliphatic carbocycles. The molecule has 1 aliphatic heterocycles. The van der Waals surface area contributed by atoms with Crippen molar-refractivity contribution in [3.8, 4) is 0 Å². The molecule has 1 rings (SSSR count). The van der Waals surface area contributed by atoms with Gasteiger partial charge in [0.25, 0.3) is 0 Å². The van der Waals surface area contributed by atoms with E-state index in [-0.39, 0.29) is 23.7 Å². The number of carbonyl (C=O) groups is 2. The topological polar surface area (TPSA) is 58.2 Å². The lowest BCUT2D eigenvalue weighted by Gasteiger charge is -2.09. The van der Waals surface area contributed by atoms with Gasteiger partial charge in [-0.15, -0.1) is 11.6 Å². The Morgan fingerprint density at radius 1 is 1.75 bits per heavy atom. The molecular weight excluding hydrogens is 180 g/mol. The molecule has 68 valence electrons. The van der Waals surface area contributed by atoms with Crippen LogP contribution in [-0.2, 0) is 9.59 Å². The number of nitrogens with one attached hydrogen (secondary N) is 2. The molecule has 0 aromatic rings. The van der Waals surface area contributed by atoms with Crippen molar-refractivity contribution in [2.24, 2.45) is 0 Å². The van der Waals surface area contributed by atoms with Gasteiger partial charge >= 0.3 is 0 Å². The fourth-order valence-corrected chi connectivity index (χ4v) is 1.21. The first-order valence-electron chi connectivity index (χ1n) is 3.84. The van der Waals surface area contributed by atoms with E-state index in [1.165, 1.54) is 0 Å². The summed E-state index contributed by atoms with van der Waals surface area (Å²) in [6.45, 7) is 0.483. The molecule has 1 saturated heterocycles. The minimum Gasteiger partial charge on any atom is -0.353 e. The molecule has 0 aromatic heterocycles. The summed E-state index contributed by atoms with van der Waals surface area (Å²) in [5.41, 5.74) is 0. The van der Waals surface area contributed by atoms with Gasteiger partial charge in [0.15, 0.2) is 0 Å². The molecule has 1 atom stereocenters. The lowest BCUT2D eigenvalue weighted by molar-refractivity contribution is -0.120. The van der Waals surface area contributed by atoms with Gasteiger partial charge < -0.3 is 10.6 Å². The predicted molar refractivity (Wildman–Crippen MR) is 44.9 cm³/mol. The van der Waals surface area contributed by atoms with E-state index < -0.39 is 0 Å². The van der Waals surface area contributed by atoms with Gasteiger partial charge in [-0.3, -0.25) is 9.59 Å². The summed E-state index contributed by atoms with van der Waals surface area (Å²) < 4.78 is 0. The van der Waals surface area contributed by atoms with Crippen LogP contribution in [0, 0.1) is 0 Å². The standard InChI is InChI=1S/C7H11ClN2O2/c8-3-7(12)9-4-5-1-2-6(11)10-5/h5H,1-4H2,(H,9,12)(H,10,11).